The molecule has 0 amide bonds. The van der Waals surface area contributed by atoms with Crippen molar-refractivity contribution in [1.82, 2.24) is 0 Å². The van der Waals surface area contributed by atoms with Crippen LogP contribution in [0.1, 0.15) is 0 Å². The number of rotatable bonds is 6. The third kappa shape index (κ3) is 4.48. The van der Waals surface area contributed by atoms with Gasteiger partial charge in [0.25, 0.3) is 0 Å². The van der Waals surface area contributed by atoms with Gasteiger partial charge in [-0.3, -0.25) is 0 Å². The van der Waals surface area contributed by atoms with Crippen LogP contribution in [0.3, 0.4) is 0 Å². The Morgan fingerprint density at radius 3 is 1.86 bits per heavy atom. The first kappa shape index (κ1) is 18.8. The summed E-state index contributed by atoms with van der Waals surface area (Å²) in [7, 11) is 0. The molecule has 0 saturated carbocycles. The molecule has 0 saturated heterocycles. The zero-order valence-corrected chi connectivity index (χ0v) is 17.0. The summed E-state index contributed by atoms with van der Waals surface area (Å²) in [6.07, 6.45) is 0. The number of nitro benzene ring substituents is 1. The number of non-ortho nitro benzene ring substituents is 1. The first-order chi connectivity index (χ1) is 14.2. The number of para-hydroxylation sites is 2. The van der Waals surface area contributed by atoms with Crippen LogP contribution < -0.4 is 4.90 Å². The van der Waals surface area contributed by atoms with Gasteiger partial charge in [-0.05, 0) is 0 Å². The predicted octanol–water partition coefficient (Wildman–Crippen LogP) is 6.54. The van der Waals surface area contributed by atoms with E-state index in [2.05, 4.69) is 45.5 Å². The van der Waals surface area contributed by atoms with Crippen LogP contribution in [0.5, 0.6) is 0 Å². The fraction of sp³-hybridized carbons (Fsp3) is 0. The summed E-state index contributed by atoms with van der Waals surface area (Å²) >= 11 is -0.0179. The number of hydrogen-bond donors (Lipinski definition) is 0. The van der Waals surface area contributed by atoms with Crippen molar-refractivity contribution < 1.29 is 4.92 Å². The van der Waals surface area contributed by atoms with Gasteiger partial charge in [0.05, 0.1) is 0 Å². The Balaban J connectivity index is 1.61. The van der Waals surface area contributed by atoms with Gasteiger partial charge in [-0.1, -0.05) is 0 Å². The molecule has 3 aromatic carbocycles. The Kier molecular flexibility index (Phi) is 5.61. The second-order valence-electron chi connectivity index (χ2n) is 6.09. The molecule has 0 atom stereocenters. The Morgan fingerprint density at radius 2 is 1.31 bits per heavy atom. The summed E-state index contributed by atoms with van der Waals surface area (Å²) in [5.74, 6) is 0. The van der Waals surface area contributed by atoms with Gasteiger partial charge in [0.2, 0.25) is 0 Å². The summed E-state index contributed by atoms with van der Waals surface area (Å²) in [5, 5.41) is 19.3. The van der Waals surface area contributed by atoms with Crippen LogP contribution in [0.2, 0.25) is 0 Å². The number of anilines is 3. The van der Waals surface area contributed by atoms with Crippen molar-refractivity contribution in [2.45, 2.75) is 0 Å². The van der Waals surface area contributed by atoms with Gasteiger partial charge in [0.1, 0.15) is 0 Å². The summed E-state index contributed by atoms with van der Waals surface area (Å²) < 4.78 is 2.05. The molecular weight excluding hydrogens is 431 g/mol. The Bertz CT molecular complexity index is 1090. The van der Waals surface area contributed by atoms with Crippen molar-refractivity contribution >= 4 is 46.4 Å². The van der Waals surface area contributed by atoms with Crippen molar-refractivity contribution in [3.63, 3.8) is 0 Å². The van der Waals surface area contributed by atoms with Crippen LogP contribution in [-0.2, 0) is 0 Å². The Labute approximate surface area is 173 Å². The molecule has 0 N–H and O–H groups in total. The molecule has 4 aromatic rings. The quantitative estimate of drug-likeness (QED) is 0.146. The molecule has 7 heteroatoms. The number of nitrogens with zero attached hydrogens (tertiary/aromatic N) is 4. The van der Waals surface area contributed by atoms with Gasteiger partial charge in [-0.25, -0.2) is 0 Å². The van der Waals surface area contributed by atoms with Crippen LogP contribution in [0.15, 0.2) is 107 Å². The maximum atomic E-state index is 10.7. The number of azo groups is 1. The van der Waals surface area contributed by atoms with Crippen molar-refractivity contribution in [3.8, 4) is 0 Å². The van der Waals surface area contributed by atoms with Crippen LogP contribution in [0.4, 0.5) is 31.9 Å². The normalized spacial score (nSPS) is 10.9. The number of benzene rings is 3. The van der Waals surface area contributed by atoms with Gasteiger partial charge in [-0.15, -0.1) is 0 Å². The minimum absolute atomic E-state index is 0.0179. The average Bonchev–Trinajstić information content (AvgIpc) is 3.23. The zero-order valence-electron chi connectivity index (χ0n) is 15.3. The third-order valence-electron chi connectivity index (χ3n) is 4.15. The van der Waals surface area contributed by atoms with E-state index in [-0.39, 0.29) is 20.2 Å². The van der Waals surface area contributed by atoms with Crippen LogP contribution in [0, 0.1) is 10.1 Å². The molecular formula is C22H16N4O2Se. The number of hydrogen-bond acceptors (Lipinski definition) is 5. The van der Waals surface area contributed by atoms with Gasteiger partial charge in [-0.2, -0.15) is 0 Å². The minimum atomic E-state index is -0.429. The summed E-state index contributed by atoms with van der Waals surface area (Å²) in [4.78, 5) is 12.5. The van der Waals surface area contributed by atoms with Crippen LogP contribution in [0.25, 0.3) is 0 Å². The van der Waals surface area contributed by atoms with Crippen molar-refractivity contribution in [3.05, 3.63) is 107 Å². The van der Waals surface area contributed by atoms with Gasteiger partial charge >= 0.3 is 174 Å². The van der Waals surface area contributed by atoms with E-state index in [0.717, 1.165) is 20.5 Å². The predicted molar refractivity (Wildman–Crippen MR) is 115 cm³/mol. The molecule has 29 heavy (non-hydrogen) atoms. The van der Waals surface area contributed by atoms with Crippen molar-refractivity contribution in [2.75, 3.05) is 4.90 Å². The fourth-order valence-corrected chi connectivity index (χ4v) is 4.62. The van der Waals surface area contributed by atoms with E-state index in [1.54, 1.807) is 12.1 Å². The monoisotopic (exact) mass is 448 g/mol. The van der Waals surface area contributed by atoms with Gasteiger partial charge in [0.15, 0.2) is 0 Å². The Hall–Kier alpha value is -3.54. The Morgan fingerprint density at radius 1 is 0.724 bits per heavy atom. The number of nitro groups is 1. The molecule has 0 spiro atoms. The van der Waals surface area contributed by atoms with Crippen molar-refractivity contribution in [1.29, 1.82) is 0 Å². The first-order valence-electron chi connectivity index (χ1n) is 8.87. The molecule has 4 rings (SSSR count). The van der Waals surface area contributed by atoms with Crippen molar-refractivity contribution in [2.24, 2.45) is 10.2 Å². The molecule has 0 aliphatic heterocycles. The van der Waals surface area contributed by atoms with E-state index in [1.165, 1.54) is 12.1 Å². The standard InChI is InChI=1S/C22H16N4O2Se/c27-26(28)20-13-11-17(12-14-20)23-24-21-15-16-22(29-21)25(18-7-3-1-4-8-18)19-9-5-2-6-10-19/h1-16H. The average molecular weight is 447 g/mol. The van der Waals surface area contributed by atoms with E-state index in [9.17, 15) is 10.1 Å². The van der Waals surface area contributed by atoms with E-state index >= 15 is 0 Å². The molecule has 6 nitrogen and oxygen atoms in total. The summed E-state index contributed by atoms with van der Waals surface area (Å²) in [6, 6.07) is 30.5. The summed E-state index contributed by atoms with van der Waals surface area (Å²) in [6.45, 7) is 0. The molecule has 0 aliphatic carbocycles. The maximum absolute atomic E-state index is 10.7. The molecule has 1 heterocycles. The van der Waals surface area contributed by atoms with E-state index < -0.39 is 4.92 Å². The molecule has 142 valence electrons. The second kappa shape index (κ2) is 8.65. The topological polar surface area (TPSA) is 71.1 Å². The van der Waals surface area contributed by atoms with Crippen LogP contribution >= 0.6 is 0 Å². The van der Waals surface area contributed by atoms with E-state index in [1.807, 2.05) is 42.5 Å². The van der Waals surface area contributed by atoms with E-state index in [0.29, 0.717) is 5.69 Å². The second-order valence-corrected chi connectivity index (χ2v) is 8.28. The SMILES string of the molecule is O=[N+]([O-])c1ccc(N=Nc2ccc(N(c3ccccc3)c3ccccc3)[se]2)cc1. The van der Waals surface area contributed by atoms with Gasteiger partial charge in [0, 0.05) is 0 Å². The van der Waals surface area contributed by atoms with Gasteiger partial charge < -0.3 is 0 Å². The molecule has 0 aliphatic rings. The van der Waals surface area contributed by atoms with E-state index in [4.69, 9.17) is 0 Å². The molecule has 1 aromatic heterocycles. The molecule has 0 unspecified atom stereocenters. The summed E-state index contributed by atoms with van der Waals surface area (Å²) in [5.41, 5.74) is 2.81. The molecule has 0 bridgehead atoms. The molecule has 0 radical (unpaired) electrons. The van der Waals surface area contributed by atoms with Crippen LogP contribution in [-0.4, -0.2) is 19.4 Å². The zero-order chi connectivity index (χ0) is 20.1. The fourth-order valence-electron chi connectivity index (χ4n) is 2.80. The molecule has 0 fully saturated rings. The first-order valence-corrected chi connectivity index (χ1v) is 10.6. The third-order valence-corrected chi connectivity index (χ3v) is 6.15.